The van der Waals surface area contributed by atoms with Crippen LogP contribution in [-0.4, -0.2) is 17.1 Å². The van der Waals surface area contributed by atoms with Crippen molar-refractivity contribution >= 4 is 39.1 Å². The molecule has 6 heteroatoms. The Labute approximate surface area is 135 Å². The topological polar surface area (TPSA) is 58.6 Å². The Kier molecular flexibility index (Phi) is 5.09. The van der Waals surface area contributed by atoms with E-state index in [-0.39, 0.29) is 17.3 Å². The van der Waals surface area contributed by atoms with E-state index in [1.807, 2.05) is 12.1 Å². The van der Waals surface area contributed by atoms with E-state index in [0.29, 0.717) is 10.8 Å². The molecule has 0 aliphatic carbocycles. The highest BCUT2D eigenvalue weighted by Crippen LogP contribution is 2.27. The molecule has 2 N–H and O–H groups in total. The number of amides is 1. The van der Waals surface area contributed by atoms with Crippen LogP contribution in [0.5, 0.6) is 11.5 Å². The SMILES string of the molecule is CC(Oc1ccc(Br)cc1)C(=O)Nc1cc(Cl)ccc1O. The number of phenolic OH excluding ortho intramolecular Hbond substituents is 1. The molecule has 1 unspecified atom stereocenters. The Morgan fingerprint density at radius 2 is 1.95 bits per heavy atom. The van der Waals surface area contributed by atoms with Gasteiger partial charge in [0.25, 0.3) is 5.91 Å². The molecule has 1 amide bonds. The largest absolute Gasteiger partial charge is 0.506 e. The first kappa shape index (κ1) is 15.7. The summed E-state index contributed by atoms with van der Waals surface area (Å²) in [6, 6.07) is 11.6. The molecule has 0 bridgehead atoms. The van der Waals surface area contributed by atoms with Gasteiger partial charge in [-0.15, -0.1) is 0 Å². The molecule has 2 aromatic carbocycles. The van der Waals surface area contributed by atoms with Gasteiger partial charge in [0.2, 0.25) is 0 Å². The molecule has 0 saturated heterocycles. The fourth-order valence-corrected chi connectivity index (χ4v) is 2.05. The number of ether oxygens (including phenoxy) is 1. The zero-order valence-electron chi connectivity index (χ0n) is 11.1. The van der Waals surface area contributed by atoms with Gasteiger partial charge in [0, 0.05) is 9.50 Å². The lowest BCUT2D eigenvalue weighted by molar-refractivity contribution is -0.122. The first-order valence-corrected chi connectivity index (χ1v) is 7.34. The summed E-state index contributed by atoms with van der Waals surface area (Å²) < 4.78 is 6.45. The average Bonchev–Trinajstić information content (AvgIpc) is 2.45. The Morgan fingerprint density at radius 1 is 1.29 bits per heavy atom. The van der Waals surface area contributed by atoms with Crippen LogP contribution < -0.4 is 10.1 Å². The van der Waals surface area contributed by atoms with Crippen LogP contribution in [0.1, 0.15) is 6.92 Å². The van der Waals surface area contributed by atoms with Gasteiger partial charge in [-0.25, -0.2) is 0 Å². The van der Waals surface area contributed by atoms with Crippen LogP contribution >= 0.6 is 27.5 Å². The van der Waals surface area contributed by atoms with E-state index in [2.05, 4.69) is 21.2 Å². The van der Waals surface area contributed by atoms with Gasteiger partial charge in [0.15, 0.2) is 6.10 Å². The average molecular weight is 371 g/mol. The van der Waals surface area contributed by atoms with E-state index in [4.69, 9.17) is 16.3 Å². The number of carbonyl (C=O) groups excluding carboxylic acids is 1. The van der Waals surface area contributed by atoms with Gasteiger partial charge < -0.3 is 15.2 Å². The number of benzene rings is 2. The van der Waals surface area contributed by atoms with E-state index in [0.717, 1.165) is 4.47 Å². The predicted octanol–water partition coefficient (Wildman–Crippen LogP) is 4.21. The number of phenols is 1. The van der Waals surface area contributed by atoms with E-state index >= 15 is 0 Å². The summed E-state index contributed by atoms with van der Waals surface area (Å²) in [5.41, 5.74) is 0.249. The summed E-state index contributed by atoms with van der Waals surface area (Å²) in [5, 5.41) is 12.7. The second-order valence-corrected chi connectivity index (χ2v) is 5.72. The van der Waals surface area contributed by atoms with Crippen LogP contribution in [0, 0.1) is 0 Å². The second-order valence-electron chi connectivity index (χ2n) is 4.36. The molecule has 21 heavy (non-hydrogen) atoms. The van der Waals surface area contributed by atoms with Crippen LogP contribution in [-0.2, 0) is 4.79 Å². The fourth-order valence-electron chi connectivity index (χ4n) is 1.61. The standard InChI is InChI=1S/C15H13BrClNO3/c1-9(21-12-5-2-10(16)3-6-12)15(20)18-13-8-11(17)4-7-14(13)19/h2-9,19H,1H3,(H,18,20). The van der Waals surface area contributed by atoms with Crippen molar-refractivity contribution in [3.8, 4) is 11.5 Å². The molecular formula is C15H13BrClNO3. The van der Waals surface area contributed by atoms with Crippen molar-refractivity contribution in [1.29, 1.82) is 0 Å². The summed E-state index contributed by atoms with van der Waals surface area (Å²) in [6.07, 6.45) is -0.718. The second kappa shape index (κ2) is 6.83. The number of nitrogens with one attached hydrogen (secondary N) is 1. The van der Waals surface area contributed by atoms with Gasteiger partial charge in [0.05, 0.1) is 5.69 Å². The highest BCUT2D eigenvalue weighted by Gasteiger charge is 2.16. The summed E-state index contributed by atoms with van der Waals surface area (Å²) in [7, 11) is 0. The van der Waals surface area contributed by atoms with Gasteiger partial charge in [0.1, 0.15) is 11.5 Å². The zero-order valence-corrected chi connectivity index (χ0v) is 13.5. The first-order chi connectivity index (χ1) is 9.95. The number of hydrogen-bond acceptors (Lipinski definition) is 3. The van der Waals surface area contributed by atoms with E-state index in [9.17, 15) is 9.90 Å². The van der Waals surface area contributed by atoms with Crippen molar-refractivity contribution in [2.75, 3.05) is 5.32 Å². The quantitative estimate of drug-likeness (QED) is 0.793. The van der Waals surface area contributed by atoms with Crippen LogP contribution in [0.15, 0.2) is 46.9 Å². The van der Waals surface area contributed by atoms with E-state index < -0.39 is 6.10 Å². The maximum atomic E-state index is 12.0. The number of halogens is 2. The minimum absolute atomic E-state index is 0.0522. The molecule has 0 heterocycles. The lowest BCUT2D eigenvalue weighted by Gasteiger charge is -2.15. The molecule has 0 fully saturated rings. The molecule has 1 atom stereocenters. The third kappa shape index (κ3) is 4.37. The highest BCUT2D eigenvalue weighted by molar-refractivity contribution is 9.10. The molecule has 110 valence electrons. The van der Waals surface area contributed by atoms with Crippen molar-refractivity contribution in [3.63, 3.8) is 0 Å². The van der Waals surface area contributed by atoms with Crippen LogP contribution in [0.2, 0.25) is 5.02 Å². The van der Waals surface area contributed by atoms with Gasteiger partial charge in [-0.1, -0.05) is 27.5 Å². The summed E-state index contributed by atoms with van der Waals surface area (Å²) in [6.45, 7) is 1.62. The van der Waals surface area contributed by atoms with Crippen molar-refractivity contribution in [2.24, 2.45) is 0 Å². The van der Waals surface area contributed by atoms with Gasteiger partial charge >= 0.3 is 0 Å². The lowest BCUT2D eigenvalue weighted by Crippen LogP contribution is -2.30. The minimum atomic E-state index is -0.718. The fraction of sp³-hybridized carbons (Fsp3) is 0.133. The number of carbonyl (C=O) groups is 1. The molecule has 0 aliphatic rings. The summed E-state index contributed by atoms with van der Waals surface area (Å²) in [5.74, 6) is 0.148. The highest BCUT2D eigenvalue weighted by atomic mass is 79.9. The van der Waals surface area contributed by atoms with Gasteiger partial charge in [-0.05, 0) is 49.4 Å². The number of anilines is 1. The maximum Gasteiger partial charge on any atom is 0.265 e. The lowest BCUT2D eigenvalue weighted by atomic mass is 10.2. The van der Waals surface area contributed by atoms with Crippen LogP contribution in [0.4, 0.5) is 5.69 Å². The van der Waals surface area contributed by atoms with E-state index in [1.54, 1.807) is 19.1 Å². The molecule has 0 saturated carbocycles. The summed E-state index contributed by atoms with van der Waals surface area (Å²) in [4.78, 5) is 12.0. The Balaban J connectivity index is 2.02. The van der Waals surface area contributed by atoms with Crippen molar-refractivity contribution in [2.45, 2.75) is 13.0 Å². The smallest absolute Gasteiger partial charge is 0.265 e. The van der Waals surface area contributed by atoms with Gasteiger partial charge in [-0.2, -0.15) is 0 Å². The molecule has 2 rings (SSSR count). The van der Waals surface area contributed by atoms with E-state index in [1.165, 1.54) is 18.2 Å². The predicted molar refractivity (Wildman–Crippen MR) is 86.0 cm³/mol. The minimum Gasteiger partial charge on any atom is -0.506 e. The Morgan fingerprint density at radius 3 is 2.62 bits per heavy atom. The van der Waals surface area contributed by atoms with Crippen molar-refractivity contribution in [3.05, 3.63) is 52.0 Å². The molecule has 0 radical (unpaired) electrons. The maximum absolute atomic E-state index is 12.0. The molecular weight excluding hydrogens is 358 g/mol. The Hall–Kier alpha value is -1.72. The molecule has 2 aromatic rings. The van der Waals surface area contributed by atoms with Crippen LogP contribution in [0.3, 0.4) is 0 Å². The molecule has 4 nitrogen and oxygen atoms in total. The van der Waals surface area contributed by atoms with Crippen molar-refractivity contribution < 1.29 is 14.6 Å². The third-order valence-electron chi connectivity index (χ3n) is 2.71. The molecule has 0 aromatic heterocycles. The zero-order chi connectivity index (χ0) is 15.4. The molecule has 0 aliphatic heterocycles. The Bertz CT molecular complexity index is 646. The van der Waals surface area contributed by atoms with Crippen LogP contribution in [0.25, 0.3) is 0 Å². The first-order valence-electron chi connectivity index (χ1n) is 6.17. The normalized spacial score (nSPS) is 11.8. The number of rotatable bonds is 4. The number of hydrogen-bond donors (Lipinski definition) is 2. The molecule has 0 spiro atoms. The van der Waals surface area contributed by atoms with Gasteiger partial charge in [-0.3, -0.25) is 4.79 Å². The van der Waals surface area contributed by atoms with Crippen molar-refractivity contribution in [1.82, 2.24) is 0 Å². The third-order valence-corrected chi connectivity index (χ3v) is 3.48. The monoisotopic (exact) mass is 369 g/mol. The number of aromatic hydroxyl groups is 1. The summed E-state index contributed by atoms with van der Waals surface area (Å²) >= 11 is 9.15.